The third kappa shape index (κ3) is 3.35. The number of amides is 3. The molecule has 0 radical (unpaired) electrons. The summed E-state index contributed by atoms with van der Waals surface area (Å²) in [6.07, 6.45) is 3.84. The predicted octanol–water partition coefficient (Wildman–Crippen LogP) is 2.72. The number of carbonyl (C=O) groups is 2. The molecule has 0 unspecified atom stereocenters. The number of urea groups is 1. The molecule has 126 valence electrons. The summed E-state index contributed by atoms with van der Waals surface area (Å²) in [7, 11) is 0. The van der Waals surface area contributed by atoms with Gasteiger partial charge < -0.3 is 15.4 Å². The number of nitrogens with zero attached hydrogens (tertiary/aromatic N) is 1. The van der Waals surface area contributed by atoms with Crippen molar-refractivity contribution >= 4 is 28.3 Å². The summed E-state index contributed by atoms with van der Waals surface area (Å²) < 4.78 is 5.80. The van der Waals surface area contributed by atoms with Crippen molar-refractivity contribution in [3.8, 4) is 0 Å². The highest BCUT2D eigenvalue weighted by atomic mass is 32.1. The molecule has 1 aromatic rings. The fourth-order valence-electron chi connectivity index (χ4n) is 3.18. The zero-order chi connectivity index (χ0) is 16.6. The molecule has 0 aromatic carbocycles. The second-order valence-electron chi connectivity index (χ2n) is 6.78. The molecular weight excluding hydrogens is 314 g/mol. The van der Waals surface area contributed by atoms with Crippen LogP contribution in [-0.2, 0) is 17.8 Å². The highest BCUT2D eigenvalue weighted by Crippen LogP contribution is 2.40. The van der Waals surface area contributed by atoms with E-state index in [2.05, 4.69) is 5.32 Å². The first-order valence-corrected chi connectivity index (χ1v) is 8.83. The second-order valence-corrected chi connectivity index (χ2v) is 7.88. The SMILES string of the molecule is CC1(C)Cc2c(sc(NC(=O)N3CCCCC3)c2C(N)=O)CO1. The summed E-state index contributed by atoms with van der Waals surface area (Å²) in [4.78, 5) is 27.1. The van der Waals surface area contributed by atoms with Gasteiger partial charge in [0.05, 0.1) is 17.8 Å². The maximum atomic E-state index is 12.4. The number of nitrogens with one attached hydrogen (secondary N) is 1. The minimum absolute atomic E-state index is 0.147. The highest BCUT2D eigenvalue weighted by Gasteiger charge is 2.33. The normalized spacial score (nSPS) is 20.0. The molecule has 2 aliphatic heterocycles. The Hall–Kier alpha value is -1.60. The van der Waals surface area contributed by atoms with E-state index >= 15 is 0 Å². The molecule has 0 aliphatic carbocycles. The molecule has 3 amide bonds. The molecule has 2 aliphatic rings. The molecule has 0 spiro atoms. The number of carbonyl (C=O) groups excluding carboxylic acids is 2. The van der Waals surface area contributed by atoms with Crippen LogP contribution in [0.5, 0.6) is 0 Å². The Morgan fingerprint density at radius 3 is 2.61 bits per heavy atom. The van der Waals surface area contributed by atoms with Crippen molar-refractivity contribution in [1.29, 1.82) is 0 Å². The molecule has 1 fully saturated rings. The van der Waals surface area contributed by atoms with E-state index in [0.29, 0.717) is 23.6 Å². The van der Waals surface area contributed by atoms with E-state index < -0.39 is 5.91 Å². The van der Waals surface area contributed by atoms with Crippen LogP contribution in [0.1, 0.15) is 53.9 Å². The van der Waals surface area contributed by atoms with E-state index in [1.807, 2.05) is 13.8 Å². The Labute approximate surface area is 140 Å². The van der Waals surface area contributed by atoms with Gasteiger partial charge in [0, 0.05) is 24.4 Å². The monoisotopic (exact) mass is 337 g/mol. The van der Waals surface area contributed by atoms with E-state index in [1.54, 1.807) is 4.90 Å². The molecular formula is C16H23N3O3S. The quantitative estimate of drug-likeness (QED) is 0.870. The predicted molar refractivity (Wildman–Crippen MR) is 89.9 cm³/mol. The minimum Gasteiger partial charge on any atom is -0.370 e. The number of primary amides is 1. The third-order valence-electron chi connectivity index (χ3n) is 4.40. The van der Waals surface area contributed by atoms with Gasteiger partial charge in [-0.25, -0.2) is 4.79 Å². The first kappa shape index (κ1) is 16.3. The lowest BCUT2D eigenvalue weighted by Crippen LogP contribution is -2.39. The van der Waals surface area contributed by atoms with E-state index in [0.717, 1.165) is 42.8 Å². The number of thiophene rings is 1. The molecule has 7 heteroatoms. The lowest BCUT2D eigenvalue weighted by Gasteiger charge is -2.30. The van der Waals surface area contributed by atoms with E-state index in [-0.39, 0.29) is 11.6 Å². The van der Waals surface area contributed by atoms with E-state index in [4.69, 9.17) is 10.5 Å². The Morgan fingerprint density at radius 2 is 1.96 bits per heavy atom. The highest BCUT2D eigenvalue weighted by molar-refractivity contribution is 7.17. The first-order valence-electron chi connectivity index (χ1n) is 8.01. The van der Waals surface area contributed by atoms with Gasteiger partial charge in [-0.2, -0.15) is 0 Å². The van der Waals surface area contributed by atoms with Gasteiger partial charge in [-0.15, -0.1) is 11.3 Å². The minimum atomic E-state index is -0.492. The van der Waals surface area contributed by atoms with Crippen LogP contribution in [0.15, 0.2) is 0 Å². The van der Waals surface area contributed by atoms with Gasteiger partial charge in [-0.1, -0.05) is 0 Å². The van der Waals surface area contributed by atoms with Crippen LogP contribution in [-0.4, -0.2) is 35.5 Å². The zero-order valence-electron chi connectivity index (χ0n) is 13.6. The molecule has 0 saturated carbocycles. The van der Waals surface area contributed by atoms with Crippen LogP contribution >= 0.6 is 11.3 Å². The van der Waals surface area contributed by atoms with Crippen molar-refractivity contribution < 1.29 is 14.3 Å². The van der Waals surface area contributed by atoms with Gasteiger partial charge in [0.2, 0.25) is 0 Å². The fraction of sp³-hybridized carbons (Fsp3) is 0.625. The number of hydrogen-bond acceptors (Lipinski definition) is 4. The lowest BCUT2D eigenvalue weighted by atomic mass is 9.93. The molecule has 23 heavy (non-hydrogen) atoms. The Balaban J connectivity index is 1.86. The van der Waals surface area contributed by atoms with Crippen molar-refractivity contribution in [1.82, 2.24) is 4.90 Å². The largest absolute Gasteiger partial charge is 0.370 e. The van der Waals surface area contributed by atoms with Crippen molar-refractivity contribution in [2.24, 2.45) is 5.73 Å². The van der Waals surface area contributed by atoms with Crippen molar-refractivity contribution in [3.05, 3.63) is 16.0 Å². The molecule has 6 nitrogen and oxygen atoms in total. The number of nitrogens with two attached hydrogens (primary N) is 1. The zero-order valence-corrected chi connectivity index (χ0v) is 14.4. The molecule has 3 rings (SSSR count). The summed E-state index contributed by atoms with van der Waals surface area (Å²) in [5.74, 6) is -0.492. The fourth-order valence-corrected chi connectivity index (χ4v) is 4.30. The summed E-state index contributed by atoms with van der Waals surface area (Å²) >= 11 is 1.40. The van der Waals surface area contributed by atoms with E-state index in [9.17, 15) is 9.59 Å². The lowest BCUT2D eigenvalue weighted by molar-refractivity contribution is -0.0383. The number of hydrogen-bond donors (Lipinski definition) is 2. The number of rotatable bonds is 2. The third-order valence-corrected chi connectivity index (χ3v) is 5.52. The van der Waals surface area contributed by atoms with Crippen LogP contribution in [0.4, 0.5) is 9.80 Å². The van der Waals surface area contributed by atoms with Crippen LogP contribution in [0.2, 0.25) is 0 Å². The molecule has 3 heterocycles. The number of piperidine rings is 1. The first-order chi connectivity index (χ1) is 10.9. The van der Waals surface area contributed by atoms with Crippen LogP contribution < -0.4 is 11.1 Å². The summed E-state index contributed by atoms with van der Waals surface area (Å²) in [6, 6.07) is -0.147. The summed E-state index contributed by atoms with van der Waals surface area (Å²) in [5.41, 5.74) is 6.64. The van der Waals surface area contributed by atoms with Gasteiger partial charge in [-0.3, -0.25) is 10.1 Å². The van der Waals surface area contributed by atoms with Gasteiger partial charge in [0.1, 0.15) is 5.00 Å². The van der Waals surface area contributed by atoms with Crippen LogP contribution in [0, 0.1) is 0 Å². The maximum Gasteiger partial charge on any atom is 0.322 e. The molecule has 3 N–H and O–H groups in total. The Kier molecular flexibility index (Phi) is 4.33. The Bertz CT molecular complexity index is 633. The van der Waals surface area contributed by atoms with Crippen molar-refractivity contribution in [3.63, 3.8) is 0 Å². The van der Waals surface area contributed by atoms with Crippen LogP contribution in [0.25, 0.3) is 0 Å². The number of fused-ring (bicyclic) bond motifs is 1. The molecule has 0 bridgehead atoms. The Morgan fingerprint density at radius 1 is 1.26 bits per heavy atom. The number of ether oxygens (including phenoxy) is 1. The van der Waals surface area contributed by atoms with Crippen molar-refractivity contribution in [2.75, 3.05) is 18.4 Å². The number of likely N-dealkylation sites (tertiary alicyclic amines) is 1. The second kappa shape index (κ2) is 6.13. The molecule has 0 atom stereocenters. The smallest absolute Gasteiger partial charge is 0.322 e. The van der Waals surface area contributed by atoms with Crippen LogP contribution in [0.3, 0.4) is 0 Å². The topological polar surface area (TPSA) is 84.7 Å². The standard InChI is InChI=1S/C16H23N3O3S/c1-16(2)8-10-11(9-22-16)23-14(12(10)13(17)20)18-15(21)19-6-4-3-5-7-19/h3-9H2,1-2H3,(H2,17,20)(H,18,21). The average Bonchev–Trinajstić information content (AvgIpc) is 2.84. The van der Waals surface area contributed by atoms with Gasteiger partial charge in [0.15, 0.2) is 0 Å². The molecule has 1 saturated heterocycles. The van der Waals surface area contributed by atoms with Gasteiger partial charge >= 0.3 is 6.03 Å². The van der Waals surface area contributed by atoms with Gasteiger partial charge in [-0.05, 0) is 38.7 Å². The molecule has 1 aromatic heterocycles. The summed E-state index contributed by atoms with van der Waals surface area (Å²) in [5, 5.41) is 3.45. The summed E-state index contributed by atoms with van der Waals surface area (Å²) in [6.45, 7) is 5.96. The maximum absolute atomic E-state index is 12.4. The van der Waals surface area contributed by atoms with Crippen molar-refractivity contribution in [2.45, 2.75) is 51.7 Å². The average molecular weight is 337 g/mol. The van der Waals surface area contributed by atoms with Gasteiger partial charge in [0.25, 0.3) is 5.91 Å². The number of anilines is 1. The van der Waals surface area contributed by atoms with E-state index in [1.165, 1.54) is 11.3 Å².